The molecule has 2 saturated heterocycles. The molecule has 4 heterocycles. The van der Waals surface area contributed by atoms with Crippen LogP contribution in [0.25, 0.3) is 10.9 Å². The van der Waals surface area contributed by atoms with Crippen LogP contribution in [0.4, 0.5) is 16.3 Å². The number of fused-ring (bicyclic) bond motifs is 1. The number of amides is 1. The summed E-state index contributed by atoms with van der Waals surface area (Å²) in [7, 11) is -3.57. The normalized spacial score (nSPS) is 18.2. The number of likely N-dealkylation sites (tertiary alicyclic amines) is 1. The largest absolute Gasteiger partial charge is 0.465 e. The molecule has 0 aliphatic carbocycles. The van der Waals surface area contributed by atoms with E-state index >= 15 is 0 Å². The van der Waals surface area contributed by atoms with Gasteiger partial charge in [-0.3, -0.25) is 9.48 Å². The molecule has 0 saturated carbocycles. The summed E-state index contributed by atoms with van der Waals surface area (Å²) in [5.41, 5.74) is -0.0680. The van der Waals surface area contributed by atoms with E-state index in [1.165, 1.54) is 27.5 Å². The number of aromatic amines is 1. The Morgan fingerprint density at radius 2 is 1.79 bits per heavy atom. The van der Waals surface area contributed by atoms with Gasteiger partial charge < -0.3 is 20.3 Å². The number of benzene rings is 1. The number of anilines is 2. The number of nitrogens with zero attached hydrogens (tertiary/aromatic N) is 5. The predicted octanol–water partition coefficient (Wildman–Crippen LogP) is 3.03. The van der Waals surface area contributed by atoms with Crippen LogP contribution in [0.3, 0.4) is 0 Å². The van der Waals surface area contributed by atoms with E-state index in [-0.39, 0.29) is 35.8 Å². The molecule has 2 aliphatic heterocycles. The number of rotatable bonds is 6. The molecule has 2 aliphatic rings. The van der Waals surface area contributed by atoms with Crippen molar-refractivity contribution in [3.63, 3.8) is 0 Å². The highest BCUT2D eigenvalue weighted by atomic mass is 32.2. The lowest BCUT2D eigenvalue weighted by Crippen LogP contribution is -2.48. The van der Waals surface area contributed by atoms with Crippen molar-refractivity contribution >= 4 is 38.5 Å². The van der Waals surface area contributed by atoms with Crippen LogP contribution in [-0.2, 0) is 15.6 Å². The molecule has 0 atom stereocenters. The van der Waals surface area contributed by atoms with Crippen molar-refractivity contribution in [2.24, 2.45) is 0 Å². The van der Waals surface area contributed by atoms with Gasteiger partial charge in [0.2, 0.25) is 10.0 Å². The number of carboxylic acid groups (broad SMARTS) is 1. The molecule has 2 fully saturated rings. The maximum absolute atomic E-state index is 13.0. The Balaban J connectivity index is 1.48. The lowest BCUT2D eigenvalue weighted by Gasteiger charge is -2.40. The monoisotopic (exact) mass is 539 g/mol. The van der Waals surface area contributed by atoms with Crippen molar-refractivity contribution in [3.05, 3.63) is 46.9 Å². The van der Waals surface area contributed by atoms with Gasteiger partial charge in [-0.05, 0) is 56.0 Å². The van der Waals surface area contributed by atoms with Crippen molar-refractivity contribution in [2.45, 2.75) is 49.0 Å². The standard InChI is InChI=1S/C25H29N7O5S/c26-12-9-25(10-16-30(17-11-25)24(34)35)32-20-8-13-27-23(33)21(20)22(29-32)28-18-4-6-19(7-5-18)38(36,37)31-14-2-1-3-15-31/h4-8,13H,1-3,9-11,14-17H2,(H,27,33)(H,28,29)(H,34,35). The van der Waals surface area contributed by atoms with Crippen LogP contribution in [-0.4, -0.2) is 69.8 Å². The first-order chi connectivity index (χ1) is 18.2. The van der Waals surface area contributed by atoms with Crippen molar-refractivity contribution in [2.75, 3.05) is 31.5 Å². The zero-order chi connectivity index (χ0) is 26.9. The Labute approximate surface area is 219 Å². The van der Waals surface area contributed by atoms with Gasteiger partial charge in [0.15, 0.2) is 5.82 Å². The van der Waals surface area contributed by atoms with E-state index in [9.17, 15) is 28.4 Å². The molecular weight excluding hydrogens is 510 g/mol. The SMILES string of the molecule is N#CCC1(n2nc(Nc3ccc(S(=O)(=O)N4CCCCC4)cc3)c3c(=O)[nH]ccc32)CCN(C(=O)O)CC1. The fraction of sp³-hybridized carbons (Fsp3) is 0.440. The molecule has 38 heavy (non-hydrogen) atoms. The maximum Gasteiger partial charge on any atom is 0.407 e. The third kappa shape index (κ3) is 4.61. The number of pyridine rings is 1. The molecule has 12 nitrogen and oxygen atoms in total. The lowest BCUT2D eigenvalue weighted by atomic mass is 9.85. The molecule has 200 valence electrons. The maximum atomic E-state index is 13.0. The second-order valence-corrected chi connectivity index (χ2v) is 11.7. The lowest BCUT2D eigenvalue weighted by molar-refractivity contribution is 0.0912. The molecule has 5 rings (SSSR count). The minimum atomic E-state index is -3.57. The average molecular weight is 540 g/mol. The van der Waals surface area contributed by atoms with Gasteiger partial charge in [-0.1, -0.05) is 6.42 Å². The van der Waals surface area contributed by atoms with E-state index < -0.39 is 21.7 Å². The first-order valence-electron chi connectivity index (χ1n) is 12.6. The smallest absolute Gasteiger partial charge is 0.407 e. The number of piperidine rings is 2. The summed E-state index contributed by atoms with van der Waals surface area (Å²) in [5.74, 6) is 0.270. The second kappa shape index (κ2) is 10.1. The summed E-state index contributed by atoms with van der Waals surface area (Å²) in [4.78, 5) is 28.5. The molecule has 1 amide bonds. The highest BCUT2D eigenvalue weighted by Crippen LogP contribution is 2.37. The molecule has 0 spiro atoms. The van der Waals surface area contributed by atoms with Crippen molar-refractivity contribution in [3.8, 4) is 6.07 Å². The molecule has 0 bridgehead atoms. The third-order valence-corrected chi connectivity index (χ3v) is 9.41. The molecular formula is C25H29N7O5S. The second-order valence-electron chi connectivity index (χ2n) is 9.77. The van der Waals surface area contributed by atoms with E-state index in [2.05, 4.69) is 16.4 Å². The zero-order valence-corrected chi connectivity index (χ0v) is 21.6. The quantitative estimate of drug-likeness (QED) is 0.430. The van der Waals surface area contributed by atoms with Gasteiger partial charge in [0.25, 0.3) is 5.56 Å². The molecule has 0 radical (unpaired) electrons. The zero-order valence-electron chi connectivity index (χ0n) is 20.8. The summed E-state index contributed by atoms with van der Waals surface area (Å²) in [6, 6.07) is 10.3. The molecule has 2 aromatic heterocycles. The fourth-order valence-electron chi connectivity index (χ4n) is 5.35. The highest BCUT2D eigenvalue weighted by Gasteiger charge is 2.40. The van der Waals surface area contributed by atoms with Gasteiger partial charge in [-0.15, -0.1) is 0 Å². The number of hydrogen-bond acceptors (Lipinski definition) is 7. The molecule has 1 aromatic carbocycles. The van der Waals surface area contributed by atoms with Crippen LogP contribution in [0.1, 0.15) is 38.5 Å². The first kappa shape index (κ1) is 25.7. The summed E-state index contributed by atoms with van der Waals surface area (Å²) in [6.45, 7) is 1.53. The van der Waals surface area contributed by atoms with Crippen molar-refractivity contribution < 1.29 is 18.3 Å². The summed E-state index contributed by atoms with van der Waals surface area (Å²) in [6.07, 6.45) is 4.09. The first-order valence-corrected chi connectivity index (χ1v) is 14.0. The van der Waals surface area contributed by atoms with Gasteiger partial charge >= 0.3 is 6.09 Å². The van der Waals surface area contributed by atoms with Crippen LogP contribution in [0.5, 0.6) is 0 Å². The Bertz CT molecular complexity index is 1540. The van der Waals surface area contributed by atoms with E-state index in [1.54, 1.807) is 22.9 Å². The molecule has 13 heteroatoms. The van der Waals surface area contributed by atoms with E-state index in [1.807, 2.05) is 0 Å². The third-order valence-electron chi connectivity index (χ3n) is 7.50. The van der Waals surface area contributed by atoms with Crippen molar-refractivity contribution in [1.29, 1.82) is 5.26 Å². The Morgan fingerprint density at radius 1 is 1.11 bits per heavy atom. The highest BCUT2D eigenvalue weighted by molar-refractivity contribution is 7.89. The van der Waals surface area contributed by atoms with Crippen LogP contribution in [0.2, 0.25) is 0 Å². The number of nitriles is 1. The van der Waals surface area contributed by atoms with Gasteiger partial charge in [0, 0.05) is 38.1 Å². The van der Waals surface area contributed by atoms with Crippen LogP contribution < -0.4 is 10.9 Å². The number of sulfonamides is 1. The number of carbonyl (C=O) groups is 1. The summed E-state index contributed by atoms with van der Waals surface area (Å²) in [5, 5.41) is 27.2. The van der Waals surface area contributed by atoms with Gasteiger partial charge in [-0.2, -0.15) is 14.7 Å². The molecule has 3 N–H and O–H groups in total. The summed E-state index contributed by atoms with van der Waals surface area (Å²) >= 11 is 0. The van der Waals surface area contributed by atoms with Gasteiger partial charge in [-0.25, -0.2) is 13.2 Å². The Kier molecular flexibility index (Phi) is 6.85. The van der Waals surface area contributed by atoms with Crippen LogP contribution in [0.15, 0.2) is 46.2 Å². The van der Waals surface area contributed by atoms with E-state index in [4.69, 9.17) is 5.10 Å². The van der Waals surface area contributed by atoms with E-state index in [0.29, 0.717) is 42.5 Å². The molecule has 3 aromatic rings. The Morgan fingerprint density at radius 3 is 2.42 bits per heavy atom. The predicted molar refractivity (Wildman–Crippen MR) is 140 cm³/mol. The minimum Gasteiger partial charge on any atom is -0.465 e. The summed E-state index contributed by atoms with van der Waals surface area (Å²) < 4.78 is 29.2. The number of nitrogens with one attached hydrogen (secondary N) is 2. The van der Waals surface area contributed by atoms with E-state index in [0.717, 1.165) is 19.3 Å². The van der Waals surface area contributed by atoms with Crippen molar-refractivity contribution in [1.82, 2.24) is 24.0 Å². The van der Waals surface area contributed by atoms with Crippen LogP contribution >= 0.6 is 0 Å². The number of aromatic nitrogens is 3. The topological polar surface area (TPSA) is 164 Å². The van der Waals surface area contributed by atoms with Gasteiger partial charge in [0.05, 0.1) is 28.4 Å². The number of hydrogen-bond donors (Lipinski definition) is 3. The van der Waals surface area contributed by atoms with Gasteiger partial charge in [0.1, 0.15) is 5.39 Å². The average Bonchev–Trinajstić information content (AvgIpc) is 3.30. The number of H-pyrrole nitrogens is 1. The van der Waals surface area contributed by atoms with Crippen LogP contribution in [0, 0.1) is 11.3 Å². The fourth-order valence-corrected chi connectivity index (χ4v) is 6.87. The molecule has 0 unspecified atom stereocenters. The Hall–Kier alpha value is -3.89. The minimum absolute atomic E-state index is 0.104.